The van der Waals surface area contributed by atoms with Crippen LogP contribution in [0.2, 0.25) is 0 Å². The van der Waals surface area contributed by atoms with Crippen LogP contribution in [0.25, 0.3) is 0 Å². The number of benzene rings is 2. The van der Waals surface area contributed by atoms with E-state index in [1.54, 1.807) is 6.92 Å². The highest BCUT2D eigenvalue weighted by Crippen LogP contribution is 2.34. The molecule has 2 aromatic carbocycles. The number of anilines is 1. The number of rotatable bonds is 3. The maximum atomic E-state index is 13.1. The predicted octanol–water partition coefficient (Wildman–Crippen LogP) is 3.75. The molecule has 1 atom stereocenters. The number of hydrogen-bond acceptors (Lipinski definition) is 3. The van der Waals surface area contributed by atoms with E-state index in [2.05, 4.69) is 10.6 Å². The minimum Gasteiger partial charge on any atom is -0.454 e. The molecule has 0 radical (unpaired) electrons. The van der Waals surface area contributed by atoms with Crippen molar-refractivity contribution in [3.05, 3.63) is 53.3 Å². The lowest BCUT2D eigenvalue weighted by Crippen LogP contribution is -2.31. The number of aryl methyl sites for hydroxylation is 1. The zero-order valence-electron chi connectivity index (χ0n) is 12.9. The number of ether oxygens (including phenoxy) is 2. The van der Waals surface area contributed by atoms with Crippen molar-refractivity contribution < 1.29 is 18.7 Å². The van der Waals surface area contributed by atoms with Gasteiger partial charge in [-0.25, -0.2) is 9.18 Å². The van der Waals surface area contributed by atoms with Crippen LogP contribution in [0.3, 0.4) is 0 Å². The molecule has 23 heavy (non-hydrogen) atoms. The van der Waals surface area contributed by atoms with E-state index in [1.165, 1.54) is 18.2 Å². The molecule has 1 aliphatic heterocycles. The summed E-state index contributed by atoms with van der Waals surface area (Å²) in [5.41, 5.74) is 2.14. The van der Waals surface area contributed by atoms with Crippen LogP contribution < -0.4 is 20.1 Å². The van der Waals surface area contributed by atoms with E-state index in [9.17, 15) is 9.18 Å². The number of nitrogens with one attached hydrogen (secondary N) is 2. The maximum absolute atomic E-state index is 13.1. The summed E-state index contributed by atoms with van der Waals surface area (Å²) in [6, 6.07) is 9.18. The fourth-order valence-electron chi connectivity index (χ4n) is 2.39. The van der Waals surface area contributed by atoms with Gasteiger partial charge >= 0.3 is 6.03 Å². The molecule has 0 spiro atoms. The van der Waals surface area contributed by atoms with Crippen molar-refractivity contribution in [1.82, 2.24) is 5.32 Å². The van der Waals surface area contributed by atoms with Crippen molar-refractivity contribution in [2.24, 2.45) is 0 Å². The van der Waals surface area contributed by atoms with Gasteiger partial charge in [-0.3, -0.25) is 0 Å². The van der Waals surface area contributed by atoms with E-state index in [4.69, 9.17) is 9.47 Å². The van der Waals surface area contributed by atoms with Gasteiger partial charge in [0.2, 0.25) is 6.79 Å². The third kappa shape index (κ3) is 3.36. The largest absolute Gasteiger partial charge is 0.454 e. The second-order valence-corrected chi connectivity index (χ2v) is 5.39. The molecule has 0 saturated carbocycles. The molecule has 1 heterocycles. The van der Waals surface area contributed by atoms with Crippen molar-refractivity contribution in [3.8, 4) is 11.5 Å². The first kappa shape index (κ1) is 15.1. The summed E-state index contributed by atoms with van der Waals surface area (Å²) in [4.78, 5) is 12.1. The molecule has 2 aromatic rings. The van der Waals surface area contributed by atoms with Gasteiger partial charge in [0.1, 0.15) is 5.82 Å². The molecule has 1 unspecified atom stereocenters. The summed E-state index contributed by atoms with van der Waals surface area (Å²) in [5, 5.41) is 5.56. The molecule has 0 fully saturated rings. The molecular weight excluding hydrogens is 299 g/mol. The Morgan fingerprint density at radius 1 is 1.17 bits per heavy atom. The SMILES string of the molecule is Cc1cc(F)ccc1NC(=O)NC(C)c1ccc2c(c1)OCO2. The summed E-state index contributed by atoms with van der Waals surface area (Å²) in [7, 11) is 0. The number of carbonyl (C=O) groups is 1. The molecule has 0 saturated heterocycles. The van der Waals surface area contributed by atoms with Crippen molar-refractivity contribution in [2.75, 3.05) is 12.1 Å². The highest BCUT2D eigenvalue weighted by molar-refractivity contribution is 5.90. The molecule has 6 heteroatoms. The average Bonchev–Trinajstić information content (AvgIpc) is 2.97. The molecule has 120 valence electrons. The van der Waals surface area contributed by atoms with Crippen LogP contribution in [0.15, 0.2) is 36.4 Å². The molecule has 5 nitrogen and oxygen atoms in total. The summed E-state index contributed by atoms with van der Waals surface area (Å²) in [6.45, 7) is 3.82. The van der Waals surface area contributed by atoms with Crippen LogP contribution >= 0.6 is 0 Å². The van der Waals surface area contributed by atoms with Crippen LogP contribution in [0.5, 0.6) is 11.5 Å². The quantitative estimate of drug-likeness (QED) is 0.907. The Labute approximate surface area is 133 Å². The Bertz CT molecular complexity index is 749. The number of amides is 2. The summed E-state index contributed by atoms with van der Waals surface area (Å²) in [6.07, 6.45) is 0. The van der Waals surface area contributed by atoms with Gasteiger partial charge in [0.05, 0.1) is 6.04 Å². The molecule has 2 amide bonds. The van der Waals surface area contributed by atoms with Crippen molar-refractivity contribution in [3.63, 3.8) is 0 Å². The highest BCUT2D eigenvalue weighted by Gasteiger charge is 2.17. The smallest absolute Gasteiger partial charge is 0.319 e. The van der Waals surface area contributed by atoms with E-state index in [0.29, 0.717) is 22.7 Å². The van der Waals surface area contributed by atoms with Gasteiger partial charge in [-0.2, -0.15) is 0 Å². The van der Waals surface area contributed by atoms with Gasteiger partial charge in [0, 0.05) is 5.69 Å². The zero-order chi connectivity index (χ0) is 16.4. The molecule has 0 aromatic heterocycles. The number of carbonyl (C=O) groups excluding carboxylic acids is 1. The van der Waals surface area contributed by atoms with Gasteiger partial charge in [-0.1, -0.05) is 6.07 Å². The summed E-state index contributed by atoms with van der Waals surface area (Å²) >= 11 is 0. The van der Waals surface area contributed by atoms with Crippen molar-refractivity contribution in [1.29, 1.82) is 0 Å². The molecule has 0 bridgehead atoms. The second kappa shape index (κ2) is 6.16. The van der Waals surface area contributed by atoms with Crippen LogP contribution in [0.1, 0.15) is 24.1 Å². The summed E-state index contributed by atoms with van der Waals surface area (Å²) < 4.78 is 23.7. The van der Waals surface area contributed by atoms with Gasteiger partial charge in [0.15, 0.2) is 11.5 Å². The zero-order valence-corrected chi connectivity index (χ0v) is 12.9. The number of urea groups is 1. The first-order valence-corrected chi connectivity index (χ1v) is 7.26. The monoisotopic (exact) mass is 316 g/mol. The Kier molecular flexibility index (Phi) is 4.06. The minimum atomic E-state index is -0.357. The first-order chi connectivity index (χ1) is 11.0. The van der Waals surface area contributed by atoms with E-state index in [1.807, 2.05) is 25.1 Å². The molecule has 0 aliphatic carbocycles. The average molecular weight is 316 g/mol. The van der Waals surface area contributed by atoms with Gasteiger partial charge in [-0.05, 0) is 55.3 Å². The molecular formula is C17H17FN2O3. The van der Waals surface area contributed by atoms with E-state index >= 15 is 0 Å². The fraction of sp³-hybridized carbons (Fsp3) is 0.235. The third-order valence-electron chi connectivity index (χ3n) is 3.68. The Morgan fingerprint density at radius 3 is 2.74 bits per heavy atom. The Morgan fingerprint density at radius 2 is 1.96 bits per heavy atom. The Hall–Kier alpha value is -2.76. The highest BCUT2D eigenvalue weighted by atomic mass is 19.1. The molecule has 3 rings (SSSR count). The standard InChI is InChI=1S/C17H17FN2O3/c1-10-7-13(18)4-5-14(10)20-17(21)19-11(2)12-3-6-15-16(8-12)23-9-22-15/h3-8,11H,9H2,1-2H3,(H2,19,20,21). The lowest BCUT2D eigenvalue weighted by molar-refractivity contribution is 0.174. The van der Waals surface area contributed by atoms with Crippen molar-refractivity contribution in [2.45, 2.75) is 19.9 Å². The number of fused-ring (bicyclic) bond motifs is 1. The van der Waals surface area contributed by atoms with Crippen LogP contribution in [-0.4, -0.2) is 12.8 Å². The van der Waals surface area contributed by atoms with Gasteiger partial charge < -0.3 is 20.1 Å². The lowest BCUT2D eigenvalue weighted by Gasteiger charge is -2.16. The topological polar surface area (TPSA) is 59.6 Å². The van der Waals surface area contributed by atoms with Gasteiger partial charge in [-0.15, -0.1) is 0 Å². The molecule has 2 N–H and O–H groups in total. The predicted molar refractivity (Wildman–Crippen MR) is 84.3 cm³/mol. The first-order valence-electron chi connectivity index (χ1n) is 7.26. The molecule has 1 aliphatic rings. The maximum Gasteiger partial charge on any atom is 0.319 e. The van der Waals surface area contributed by atoms with E-state index < -0.39 is 0 Å². The van der Waals surface area contributed by atoms with Crippen LogP contribution in [-0.2, 0) is 0 Å². The second-order valence-electron chi connectivity index (χ2n) is 5.39. The number of halogens is 1. The van der Waals surface area contributed by atoms with E-state index in [0.717, 1.165) is 5.56 Å². The minimum absolute atomic E-state index is 0.213. The van der Waals surface area contributed by atoms with Gasteiger partial charge in [0.25, 0.3) is 0 Å². The fourth-order valence-corrected chi connectivity index (χ4v) is 2.39. The van der Waals surface area contributed by atoms with Crippen molar-refractivity contribution >= 4 is 11.7 Å². The summed E-state index contributed by atoms with van der Waals surface area (Å²) in [5.74, 6) is 1.04. The third-order valence-corrected chi connectivity index (χ3v) is 3.68. The Balaban J connectivity index is 1.65. The van der Waals surface area contributed by atoms with Crippen LogP contribution in [0, 0.1) is 12.7 Å². The lowest BCUT2D eigenvalue weighted by atomic mass is 10.1. The van der Waals surface area contributed by atoms with E-state index in [-0.39, 0.29) is 24.7 Å². The van der Waals surface area contributed by atoms with Crippen LogP contribution in [0.4, 0.5) is 14.9 Å². The number of hydrogen-bond donors (Lipinski definition) is 2. The normalized spacial score (nSPS) is 13.5.